The molecular weight excluding hydrogens is 296 g/mol. The van der Waals surface area contributed by atoms with Gasteiger partial charge in [-0.25, -0.2) is 0 Å². The first-order valence-corrected chi connectivity index (χ1v) is 7.69. The van der Waals surface area contributed by atoms with Crippen LogP contribution in [0.4, 0.5) is 0 Å². The van der Waals surface area contributed by atoms with Crippen LogP contribution in [0.2, 0.25) is 0 Å². The highest BCUT2D eigenvalue weighted by atomic mass is 16.5. The molecule has 0 bridgehead atoms. The van der Waals surface area contributed by atoms with Gasteiger partial charge in [-0.1, -0.05) is 5.16 Å². The first-order chi connectivity index (χ1) is 11.0. The third kappa shape index (κ3) is 3.49. The molecule has 0 saturated carbocycles. The highest BCUT2D eigenvalue weighted by Gasteiger charge is 2.29. The molecule has 2 aromatic heterocycles. The van der Waals surface area contributed by atoms with E-state index < -0.39 is 0 Å². The summed E-state index contributed by atoms with van der Waals surface area (Å²) in [6.45, 7) is 6.81. The maximum absolute atomic E-state index is 12.4. The summed E-state index contributed by atoms with van der Waals surface area (Å²) < 4.78 is 10.9. The summed E-state index contributed by atoms with van der Waals surface area (Å²) in [5, 5.41) is 11.9. The Kier molecular flexibility index (Phi) is 4.27. The van der Waals surface area contributed by atoms with Crippen LogP contribution in [0, 0.1) is 20.8 Å². The fourth-order valence-electron chi connectivity index (χ4n) is 2.69. The van der Waals surface area contributed by atoms with Crippen LogP contribution >= 0.6 is 0 Å². The van der Waals surface area contributed by atoms with E-state index in [1.165, 1.54) is 0 Å². The molecule has 122 valence electrons. The fraction of sp³-hybridized carbons (Fsp3) is 0.500. The van der Waals surface area contributed by atoms with E-state index in [0.717, 1.165) is 23.4 Å². The number of carbonyl (C=O) groups excluding carboxylic acids is 1. The van der Waals surface area contributed by atoms with Gasteiger partial charge >= 0.3 is 0 Å². The van der Waals surface area contributed by atoms with Crippen LogP contribution in [-0.2, 0) is 11.2 Å². The maximum Gasteiger partial charge on any atom is 0.233 e. The standard InChI is InChI=1S/C16H20N4O3/c1-10-4-5-15(18-17-10)22-13-6-7-20(9-13)16(21)8-14-11(2)19-23-12(14)3/h4-5,13H,6-9H2,1-3H3/t13-/m1/s1. The Morgan fingerprint density at radius 3 is 2.83 bits per heavy atom. The molecule has 3 heterocycles. The van der Waals surface area contributed by atoms with Crippen LogP contribution in [0.5, 0.6) is 5.88 Å². The average Bonchev–Trinajstić information content (AvgIpc) is 3.11. The van der Waals surface area contributed by atoms with Gasteiger partial charge in [-0.3, -0.25) is 4.79 Å². The van der Waals surface area contributed by atoms with E-state index in [2.05, 4.69) is 15.4 Å². The molecule has 3 rings (SSSR count). The summed E-state index contributed by atoms with van der Waals surface area (Å²) in [6.07, 6.45) is 1.07. The van der Waals surface area contributed by atoms with Crippen molar-refractivity contribution in [3.05, 3.63) is 34.8 Å². The Labute approximate surface area is 134 Å². The monoisotopic (exact) mass is 316 g/mol. The Hall–Kier alpha value is -2.44. The summed E-state index contributed by atoms with van der Waals surface area (Å²) in [5.41, 5.74) is 2.50. The van der Waals surface area contributed by atoms with E-state index >= 15 is 0 Å². The molecule has 1 aliphatic rings. The van der Waals surface area contributed by atoms with Crippen LogP contribution in [0.3, 0.4) is 0 Å². The predicted molar refractivity (Wildman–Crippen MR) is 82.1 cm³/mol. The number of ether oxygens (including phenoxy) is 1. The van der Waals surface area contributed by atoms with Crippen LogP contribution in [0.15, 0.2) is 16.7 Å². The molecule has 2 aromatic rings. The van der Waals surface area contributed by atoms with Crippen molar-refractivity contribution < 1.29 is 14.1 Å². The molecule has 1 amide bonds. The van der Waals surface area contributed by atoms with E-state index in [-0.39, 0.29) is 12.0 Å². The smallest absolute Gasteiger partial charge is 0.233 e. The third-order valence-electron chi connectivity index (χ3n) is 4.07. The zero-order valence-corrected chi connectivity index (χ0v) is 13.6. The van der Waals surface area contributed by atoms with Crippen molar-refractivity contribution in [2.75, 3.05) is 13.1 Å². The lowest BCUT2D eigenvalue weighted by atomic mass is 10.1. The minimum atomic E-state index is -0.0411. The molecule has 0 aliphatic carbocycles. The van der Waals surface area contributed by atoms with Crippen molar-refractivity contribution in [1.82, 2.24) is 20.3 Å². The Bertz CT molecular complexity index is 676. The van der Waals surface area contributed by atoms with Gasteiger partial charge in [0.25, 0.3) is 0 Å². The quantitative estimate of drug-likeness (QED) is 0.852. The van der Waals surface area contributed by atoms with E-state index in [0.29, 0.717) is 31.2 Å². The van der Waals surface area contributed by atoms with Gasteiger partial charge in [0.2, 0.25) is 11.8 Å². The van der Waals surface area contributed by atoms with E-state index in [1.807, 2.05) is 31.7 Å². The molecule has 1 aliphatic heterocycles. The lowest BCUT2D eigenvalue weighted by Gasteiger charge is -2.16. The molecule has 1 saturated heterocycles. The van der Waals surface area contributed by atoms with Crippen molar-refractivity contribution in [3.8, 4) is 5.88 Å². The third-order valence-corrected chi connectivity index (χ3v) is 4.07. The van der Waals surface area contributed by atoms with Gasteiger partial charge in [-0.2, -0.15) is 5.10 Å². The summed E-state index contributed by atoms with van der Waals surface area (Å²) in [5.74, 6) is 1.28. The van der Waals surface area contributed by atoms with Gasteiger partial charge < -0.3 is 14.2 Å². The number of likely N-dealkylation sites (tertiary alicyclic amines) is 1. The first kappa shape index (κ1) is 15.5. The number of hydrogen-bond acceptors (Lipinski definition) is 6. The van der Waals surface area contributed by atoms with Crippen LogP contribution in [0.1, 0.15) is 29.1 Å². The summed E-state index contributed by atoms with van der Waals surface area (Å²) in [6, 6.07) is 3.66. The summed E-state index contributed by atoms with van der Waals surface area (Å²) in [4.78, 5) is 14.3. The van der Waals surface area contributed by atoms with E-state index in [4.69, 9.17) is 9.26 Å². The minimum absolute atomic E-state index is 0.0411. The highest BCUT2D eigenvalue weighted by molar-refractivity contribution is 5.79. The molecule has 23 heavy (non-hydrogen) atoms. The van der Waals surface area contributed by atoms with Crippen LogP contribution in [-0.4, -0.2) is 45.4 Å². The Balaban J connectivity index is 1.56. The molecule has 1 atom stereocenters. The number of rotatable bonds is 4. The number of aryl methyl sites for hydroxylation is 3. The topological polar surface area (TPSA) is 81.4 Å². The lowest BCUT2D eigenvalue weighted by molar-refractivity contribution is -0.129. The summed E-state index contributed by atoms with van der Waals surface area (Å²) >= 11 is 0. The van der Waals surface area contributed by atoms with Gasteiger partial charge in [0.15, 0.2) is 0 Å². The average molecular weight is 316 g/mol. The molecular formula is C16H20N4O3. The van der Waals surface area contributed by atoms with Crippen molar-refractivity contribution in [3.63, 3.8) is 0 Å². The van der Waals surface area contributed by atoms with E-state index in [1.54, 1.807) is 6.07 Å². The molecule has 7 nitrogen and oxygen atoms in total. The van der Waals surface area contributed by atoms with Crippen LogP contribution < -0.4 is 4.74 Å². The second kappa shape index (κ2) is 6.36. The molecule has 7 heteroatoms. The second-order valence-corrected chi connectivity index (χ2v) is 5.86. The second-order valence-electron chi connectivity index (χ2n) is 5.86. The van der Waals surface area contributed by atoms with Crippen molar-refractivity contribution >= 4 is 5.91 Å². The summed E-state index contributed by atoms with van der Waals surface area (Å²) in [7, 11) is 0. The van der Waals surface area contributed by atoms with Gasteiger partial charge in [-0.15, -0.1) is 5.10 Å². The van der Waals surface area contributed by atoms with Gasteiger partial charge in [0.1, 0.15) is 11.9 Å². The SMILES string of the molecule is Cc1ccc(O[C@@H]2CCN(C(=O)Cc3c(C)noc3C)C2)nn1. The molecule has 0 spiro atoms. The van der Waals surface area contributed by atoms with Crippen molar-refractivity contribution in [2.24, 2.45) is 0 Å². The zero-order valence-electron chi connectivity index (χ0n) is 13.6. The number of aromatic nitrogens is 3. The van der Waals surface area contributed by atoms with Gasteiger partial charge in [0, 0.05) is 24.6 Å². The maximum atomic E-state index is 12.4. The first-order valence-electron chi connectivity index (χ1n) is 7.69. The zero-order chi connectivity index (χ0) is 16.4. The fourth-order valence-corrected chi connectivity index (χ4v) is 2.69. The van der Waals surface area contributed by atoms with Gasteiger partial charge in [0.05, 0.1) is 24.4 Å². The van der Waals surface area contributed by atoms with Crippen molar-refractivity contribution in [1.29, 1.82) is 0 Å². The van der Waals surface area contributed by atoms with Gasteiger partial charge in [-0.05, 0) is 26.8 Å². The van der Waals surface area contributed by atoms with E-state index in [9.17, 15) is 4.79 Å². The molecule has 0 aromatic carbocycles. The van der Waals surface area contributed by atoms with Crippen LogP contribution in [0.25, 0.3) is 0 Å². The van der Waals surface area contributed by atoms with Crippen molar-refractivity contribution in [2.45, 2.75) is 39.7 Å². The molecule has 0 N–H and O–H groups in total. The highest BCUT2D eigenvalue weighted by Crippen LogP contribution is 2.19. The molecule has 0 unspecified atom stereocenters. The Morgan fingerprint density at radius 1 is 1.35 bits per heavy atom. The number of nitrogens with zero attached hydrogens (tertiary/aromatic N) is 4. The predicted octanol–water partition coefficient (Wildman–Crippen LogP) is 1.61. The normalized spacial score (nSPS) is 17.5. The lowest BCUT2D eigenvalue weighted by Crippen LogP contribution is -2.32. The Morgan fingerprint density at radius 2 is 2.17 bits per heavy atom. The minimum Gasteiger partial charge on any atom is -0.471 e. The largest absolute Gasteiger partial charge is 0.471 e. The number of carbonyl (C=O) groups is 1. The molecule has 0 radical (unpaired) electrons. The number of hydrogen-bond donors (Lipinski definition) is 0. The molecule has 1 fully saturated rings. The number of amides is 1.